The Labute approximate surface area is 214 Å². The summed E-state index contributed by atoms with van der Waals surface area (Å²) in [4.78, 5) is 16.7. The third-order valence-electron chi connectivity index (χ3n) is 6.45. The molecule has 0 aliphatic heterocycles. The van der Waals surface area contributed by atoms with Crippen molar-refractivity contribution in [1.29, 1.82) is 0 Å². The number of aromatic nitrogens is 4. The summed E-state index contributed by atoms with van der Waals surface area (Å²) in [6, 6.07) is 13.6. The van der Waals surface area contributed by atoms with Gasteiger partial charge in [-0.25, -0.2) is 9.94 Å². The number of aromatic amines is 1. The van der Waals surface area contributed by atoms with Crippen molar-refractivity contribution in [2.45, 2.75) is 27.2 Å². The molecule has 1 N–H and O–H groups in total. The zero-order valence-corrected chi connectivity index (χ0v) is 21.3. The van der Waals surface area contributed by atoms with E-state index in [1.54, 1.807) is 10.9 Å². The Morgan fingerprint density at radius 3 is 2.51 bits per heavy atom. The molecule has 0 saturated carbocycles. The number of ether oxygens (including phenoxy) is 2. The van der Waals surface area contributed by atoms with Gasteiger partial charge in [-0.3, -0.25) is 9.48 Å². The van der Waals surface area contributed by atoms with E-state index in [1.807, 2.05) is 70.3 Å². The number of nitrogens with one attached hydrogen (secondary N) is 1. The summed E-state index contributed by atoms with van der Waals surface area (Å²) in [5.41, 5.74) is 4.02. The molecular formula is C29H27N5O3. The minimum Gasteiger partial charge on any atom is -0.494 e. The number of H-pyrrole nitrogens is 1. The van der Waals surface area contributed by atoms with Crippen LogP contribution in [-0.2, 0) is 13.5 Å². The van der Waals surface area contributed by atoms with Crippen LogP contribution in [0.4, 0.5) is 5.69 Å². The van der Waals surface area contributed by atoms with Crippen LogP contribution in [0.25, 0.3) is 48.8 Å². The zero-order valence-electron chi connectivity index (χ0n) is 21.3. The monoisotopic (exact) mass is 493 g/mol. The first-order chi connectivity index (χ1) is 18.0. The molecule has 8 nitrogen and oxygen atoms in total. The molecule has 0 unspecified atom stereocenters. The fourth-order valence-corrected chi connectivity index (χ4v) is 4.87. The summed E-state index contributed by atoms with van der Waals surface area (Å²) in [6.45, 7) is 14.8. The van der Waals surface area contributed by atoms with Gasteiger partial charge >= 0.3 is 0 Å². The predicted octanol–water partition coefficient (Wildman–Crippen LogP) is 6.05. The fraction of sp³-hybridized carbons (Fsp3) is 0.241. The van der Waals surface area contributed by atoms with Gasteiger partial charge in [-0.2, -0.15) is 10.2 Å². The Bertz CT molecular complexity index is 1740. The first-order valence-electron chi connectivity index (χ1n) is 12.3. The maximum absolute atomic E-state index is 12.7. The highest BCUT2D eigenvalue weighted by molar-refractivity contribution is 6.07. The second-order valence-electron chi connectivity index (χ2n) is 8.58. The molecule has 8 heteroatoms. The van der Waals surface area contributed by atoms with Crippen LogP contribution in [0.15, 0.2) is 53.5 Å². The molecule has 2 heterocycles. The fourth-order valence-electron chi connectivity index (χ4n) is 4.87. The molecule has 0 bridgehead atoms. The third-order valence-corrected chi connectivity index (χ3v) is 6.45. The smallest absolute Gasteiger partial charge is 0.275 e. The summed E-state index contributed by atoms with van der Waals surface area (Å²) in [5, 5.41) is 14.4. The first kappa shape index (κ1) is 24.1. The van der Waals surface area contributed by atoms with Crippen LogP contribution >= 0.6 is 0 Å². The molecule has 3 aromatic carbocycles. The third kappa shape index (κ3) is 3.99. The summed E-state index contributed by atoms with van der Waals surface area (Å²) in [5.74, 6) is 1.10. The Balaban J connectivity index is 1.87. The number of nitrogens with zero attached hydrogens (tertiary/aromatic N) is 4. The Morgan fingerprint density at radius 1 is 1.03 bits per heavy atom. The van der Waals surface area contributed by atoms with Gasteiger partial charge in [0.1, 0.15) is 11.5 Å². The van der Waals surface area contributed by atoms with E-state index in [0.717, 1.165) is 38.7 Å². The minimum atomic E-state index is -0.294. The standard InChI is InChI=1S/C29H27N5O3/c1-6-22-20-13-18(15-23(36-7-2)25(20)29(35)33-32-22)21-16-31-34(5)28(21)26-24(37-8-3)14-17-11-9-10-12-19(17)27(26)30-4/h9-16H,6-8H2,1-3,5H3,(H,33,35). The quantitative estimate of drug-likeness (QED) is 0.279. The van der Waals surface area contributed by atoms with Crippen LogP contribution in [0.3, 0.4) is 0 Å². The van der Waals surface area contributed by atoms with E-state index in [0.29, 0.717) is 47.8 Å². The van der Waals surface area contributed by atoms with E-state index in [4.69, 9.17) is 16.0 Å². The predicted molar refractivity (Wildman–Crippen MR) is 145 cm³/mol. The number of fused-ring (bicyclic) bond motifs is 2. The maximum atomic E-state index is 12.7. The van der Waals surface area contributed by atoms with Gasteiger partial charge in [0.25, 0.3) is 5.56 Å². The molecule has 0 aliphatic carbocycles. The normalized spacial score (nSPS) is 11.1. The van der Waals surface area contributed by atoms with Crippen LogP contribution in [0.1, 0.15) is 26.5 Å². The van der Waals surface area contributed by atoms with E-state index in [2.05, 4.69) is 20.1 Å². The summed E-state index contributed by atoms with van der Waals surface area (Å²) < 4.78 is 13.8. The molecule has 5 aromatic rings. The van der Waals surface area contributed by atoms with Crippen molar-refractivity contribution in [1.82, 2.24) is 20.0 Å². The number of hydrogen-bond donors (Lipinski definition) is 1. The number of aryl methyl sites for hydroxylation is 2. The molecule has 2 aromatic heterocycles. The highest BCUT2D eigenvalue weighted by Gasteiger charge is 2.24. The zero-order chi connectivity index (χ0) is 26.1. The molecule has 5 rings (SSSR count). The lowest BCUT2D eigenvalue weighted by Gasteiger charge is -2.17. The Hall–Kier alpha value is -4.64. The Kier molecular flexibility index (Phi) is 6.36. The van der Waals surface area contributed by atoms with E-state index in [1.165, 1.54) is 0 Å². The van der Waals surface area contributed by atoms with Crippen molar-refractivity contribution in [3.05, 3.63) is 76.1 Å². The molecule has 0 amide bonds. The van der Waals surface area contributed by atoms with Gasteiger partial charge in [0.05, 0.1) is 42.8 Å². The summed E-state index contributed by atoms with van der Waals surface area (Å²) in [7, 11) is 1.85. The molecule has 0 aliphatic rings. The summed E-state index contributed by atoms with van der Waals surface area (Å²) >= 11 is 0. The van der Waals surface area contributed by atoms with E-state index >= 15 is 0 Å². The van der Waals surface area contributed by atoms with E-state index in [9.17, 15) is 4.79 Å². The van der Waals surface area contributed by atoms with Crippen LogP contribution < -0.4 is 15.0 Å². The molecule has 0 atom stereocenters. The van der Waals surface area contributed by atoms with Gasteiger partial charge in [0.15, 0.2) is 0 Å². The van der Waals surface area contributed by atoms with Gasteiger partial charge in [-0.1, -0.05) is 31.2 Å². The molecule has 0 spiro atoms. The molecule has 0 saturated heterocycles. The lowest BCUT2D eigenvalue weighted by Crippen LogP contribution is -2.12. The van der Waals surface area contributed by atoms with Gasteiger partial charge in [-0.15, -0.1) is 0 Å². The average Bonchev–Trinajstić information content (AvgIpc) is 3.29. The summed E-state index contributed by atoms with van der Waals surface area (Å²) in [6.07, 6.45) is 2.42. The van der Waals surface area contributed by atoms with Crippen LogP contribution in [-0.4, -0.2) is 33.2 Å². The second-order valence-corrected chi connectivity index (χ2v) is 8.58. The lowest BCUT2D eigenvalue weighted by atomic mass is 9.94. The van der Waals surface area contributed by atoms with Gasteiger partial charge in [0.2, 0.25) is 5.69 Å². The number of benzene rings is 3. The largest absolute Gasteiger partial charge is 0.494 e. The van der Waals surface area contributed by atoms with Crippen molar-refractivity contribution >= 4 is 27.2 Å². The number of rotatable bonds is 7. The Morgan fingerprint density at radius 2 is 1.78 bits per heavy atom. The van der Waals surface area contributed by atoms with E-state index in [-0.39, 0.29) is 5.56 Å². The average molecular weight is 494 g/mol. The molecule has 186 valence electrons. The SMILES string of the molecule is [C-]#[N+]c1c(-c2c(-c3cc(OCC)c4c(=O)[nH]nc(CC)c4c3)cnn2C)c(OCC)cc2ccccc12. The van der Waals surface area contributed by atoms with E-state index < -0.39 is 0 Å². The topological polar surface area (TPSA) is 86.4 Å². The number of hydrogen-bond acceptors (Lipinski definition) is 5. The maximum Gasteiger partial charge on any atom is 0.275 e. The van der Waals surface area contributed by atoms with Crippen molar-refractivity contribution in [2.24, 2.45) is 7.05 Å². The van der Waals surface area contributed by atoms with Gasteiger partial charge in [0, 0.05) is 23.6 Å². The minimum absolute atomic E-state index is 0.294. The molecule has 0 radical (unpaired) electrons. The van der Waals surface area contributed by atoms with Gasteiger partial charge < -0.3 is 9.47 Å². The lowest BCUT2D eigenvalue weighted by molar-refractivity contribution is 0.342. The highest BCUT2D eigenvalue weighted by Crippen LogP contribution is 2.47. The van der Waals surface area contributed by atoms with Crippen LogP contribution in [0.5, 0.6) is 11.5 Å². The molecular weight excluding hydrogens is 466 g/mol. The van der Waals surface area contributed by atoms with Crippen LogP contribution in [0.2, 0.25) is 0 Å². The first-order valence-corrected chi connectivity index (χ1v) is 12.3. The van der Waals surface area contributed by atoms with Crippen molar-refractivity contribution in [3.8, 4) is 33.9 Å². The molecule has 37 heavy (non-hydrogen) atoms. The van der Waals surface area contributed by atoms with Crippen LogP contribution in [0, 0.1) is 6.57 Å². The van der Waals surface area contributed by atoms with Gasteiger partial charge in [-0.05, 0) is 54.8 Å². The van der Waals surface area contributed by atoms with Crippen molar-refractivity contribution in [2.75, 3.05) is 13.2 Å². The van der Waals surface area contributed by atoms with Crippen molar-refractivity contribution in [3.63, 3.8) is 0 Å². The second kappa shape index (κ2) is 9.78. The van der Waals surface area contributed by atoms with Crippen molar-refractivity contribution < 1.29 is 9.47 Å². The highest BCUT2D eigenvalue weighted by atomic mass is 16.5. The molecule has 0 fully saturated rings.